The summed E-state index contributed by atoms with van der Waals surface area (Å²) in [4.78, 5) is 0. The minimum atomic E-state index is -0.361. The van der Waals surface area contributed by atoms with Crippen LogP contribution in [0.5, 0.6) is 0 Å². The van der Waals surface area contributed by atoms with Crippen molar-refractivity contribution in [1.82, 2.24) is 10.6 Å². The molecule has 0 saturated heterocycles. The van der Waals surface area contributed by atoms with Crippen LogP contribution >= 0.6 is 0 Å². The summed E-state index contributed by atoms with van der Waals surface area (Å²) >= 11 is 0. The molecule has 0 aliphatic heterocycles. The highest BCUT2D eigenvalue weighted by Crippen LogP contribution is 2.05. The van der Waals surface area contributed by atoms with E-state index in [0.29, 0.717) is 6.54 Å². The van der Waals surface area contributed by atoms with Crippen molar-refractivity contribution in [3.63, 3.8) is 0 Å². The molecule has 0 radical (unpaired) electrons. The highest BCUT2D eigenvalue weighted by molar-refractivity contribution is 5.16. The number of aliphatic hydroxyl groups excluding tert-OH is 1. The van der Waals surface area contributed by atoms with Gasteiger partial charge in [-0.25, -0.2) is 0 Å². The molecule has 3 heteroatoms. The van der Waals surface area contributed by atoms with E-state index in [2.05, 4.69) is 22.8 Å². The molecule has 0 saturated carbocycles. The quantitative estimate of drug-likeness (QED) is 0.634. The van der Waals surface area contributed by atoms with Gasteiger partial charge in [-0.2, -0.15) is 0 Å². The maximum atomic E-state index is 9.85. The van der Waals surface area contributed by atoms with Crippen molar-refractivity contribution in [2.75, 3.05) is 20.6 Å². The summed E-state index contributed by atoms with van der Waals surface area (Å²) < 4.78 is 0. The topological polar surface area (TPSA) is 44.3 Å². The average molecular weight is 208 g/mol. The third-order valence-electron chi connectivity index (χ3n) is 2.55. The van der Waals surface area contributed by atoms with E-state index in [1.165, 1.54) is 5.56 Å². The summed E-state index contributed by atoms with van der Waals surface area (Å²) in [5.41, 5.74) is 1.24. The second-order valence-electron chi connectivity index (χ2n) is 3.71. The molecule has 15 heavy (non-hydrogen) atoms. The van der Waals surface area contributed by atoms with Gasteiger partial charge in [-0.3, -0.25) is 0 Å². The molecule has 3 nitrogen and oxygen atoms in total. The third kappa shape index (κ3) is 4.00. The van der Waals surface area contributed by atoms with Gasteiger partial charge in [0.1, 0.15) is 0 Å². The lowest BCUT2D eigenvalue weighted by Crippen LogP contribution is -2.44. The van der Waals surface area contributed by atoms with Gasteiger partial charge >= 0.3 is 0 Å². The number of hydrogen-bond donors (Lipinski definition) is 3. The molecule has 0 bridgehead atoms. The summed E-state index contributed by atoms with van der Waals surface area (Å²) in [7, 11) is 3.73. The highest BCUT2D eigenvalue weighted by Gasteiger charge is 2.16. The monoisotopic (exact) mass is 208 g/mol. The minimum absolute atomic E-state index is 0.0971. The van der Waals surface area contributed by atoms with E-state index in [1.54, 1.807) is 0 Å². The van der Waals surface area contributed by atoms with Crippen molar-refractivity contribution in [2.24, 2.45) is 0 Å². The van der Waals surface area contributed by atoms with Crippen LogP contribution in [0.15, 0.2) is 30.3 Å². The number of rotatable bonds is 6. The first-order valence-electron chi connectivity index (χ1n) is 5.31. The fourth-order valence-corrected chi connectivity index (χ4v) is 1.65. The molecule has 0 unspecified atom stereocenters. The van der Waals surface area contributed by atoms with Crippen LogP contribution in [0, 0.1) is 0 Å². The van der Waals surface area contributed by atoms with E-state index in [0.717, 1.165) is 6.42 Å². The SMILES string of the molecule is CNC[C@@H](O)[C@H](Cc1ccccc1)NC. The summed E-state index contributed by atoms with van der Waals surface area (Å²) in [5.74, 6) is 0. The molecular formula is C12H20N2O. The molecule has 1 aromatic carbocycles. The van der Waals surface area contributed by atoms with E-state index in [4.69, 9.17) is 0 Å². The molecule has 3 N–H and O–H groups in total. The van der Waals surface area contributed by atoms with E-state index >= 15 is 0 Å². The summed E-state index contributed by atoms with van der Waals surface area (Å²) in [5, 5.41) is 16.0. The first kappa shape index (κ1) is 12.2. The molecule has 2 atom stereocenters. The molecule has 1 rings (SSSR count). The fourth-order valence-electron chi connectivity index (χ4n) is 1.65. The molecule has 0 heterocycles. The van der Waals surface area contributed by atoms with Crippen LogP contribution < -0.4 is 10.6 Å². The average Bonchev–Trinajstić information content (AvgIpc) is 2.27. The van der Waals surface area contributed by atoms with Crippen LogP contribution in [-0.4, -0.2) is 37.9 Å². The fraction of sp³-hybridized carbons (Fsp3) is 0.500. The van der Waals surface area contributed by atoms with Crippen molar-refractivity contribution in [1.29, 1.82) is 0 Å². The first-order chi connectivity index (χ1) is 7.27. The Morgan fingerprint density at radius 3 is 2.40 bits per heavy atom. The zero-order chi connectivity index (χ0) is 11.1. The van der Waals surface area contributed by atoms with Gasteiger partial charge in [0.25, 0.3) is 0 Å². The first-order valence-corrected chi connectivity index (χ1v) is 5.31. The van der Waals surface area contributed by atoms with Crippen molar-refractivity contribution in [2.45, 2.75) is 18.6 Å². The van der Waals surface area contributed by atoms with E-state index < -0.39 is 0 Å². The third-order valence-corrected chi connectivity index (χ3v) is 2.55. The van der Waals surface area contributed by atoms with Crippen molar-refractivity contribution in [3.05, 3.63) is 35.9 Å². The lowest BCUT2D eigenvalue weighted by Gasteiger charge is -2.22. The van der Waals surface area contributed by atoms with Gasteiger partial charge in [0.15, 0.2) is 0 Å². The number of hydrogen-bond acceptors (Lipinski definition) is 3. The van der Waals surface area contributed by atoms with Crippen LogP contribution in [0.1, 0.15) is 5.56 Å². The Morgan fingerprint density at radius 2 is 1.87 bits per heavy atom. The molecule has 0 fully saturated rings. The van der Waals surface area contributed by atoms with Crippen LogP contribution in [0.3, 0.4) is 0 Å². The predicted octanol–water partition coefficient (Wildman–Crippen LogP) is 0.397. The van der Waals surface area contributed by atoms with E-state index in [1.807, 2.05) is 32.3 Å². The van der Waals surface area contributed by atoms with Crippen molar-refractivity contribution < 1.29 is 5.11 Å². The Bertz CT molecular complexity index is 264. The van der Waals surface area contributed by atoms with E-state index in [9.17, 15) is 5.11 Å². The van der Waals surface area contributed by atoms with Gasteiger partial charge in [0, 0.05) is 12.6 Å². The van der Waals surface area contributed by atoms with Gasteiger partial charge < -0.3 is 15.7 Å². The van der Waals surface area contributed by atoms with Crippen LogP contribution in [0.25, 0.3) is 0 Å². The number of aliphatic hydroxyl groups is 1. The standard InChI is InChI=1S/C12H20N2O/c1-13-9-12(15)11(14-2)8-10-6-4-3-5-7-10/h3-7,11-15H,8-9H2,1-2H3/t11-,12+/m0/s1. The Morgan fingerprint density at radius 1 is 1.20 bits per heavy atom. The molecule has 0 amide bonds. The minimum Gasteiger partial charge on any atom is -0.390 e. The van der Waals surface area contributed by atoms with Gasteiger partial charge in [0.2, 0.25) is 0 Å². The zero-order valence-electron chi connectivity index (χ0n) is 9.40. The highest BCUT2D eigenvalue weighted by atomic mass is 16.3. The molecular weight excluding hydrogens is 188 g/mol. The normalized spacial score (nSPS) is 14.9. The molecule has 0 spiro atoms. The van der Waals surface area contributed by atoms with Crippen molar-refractivity contribution in [3.8, 4) is 0 Å². The Hall–Kier alpha value is -0.900. The molecule has 0 aliphatic carbocycles. The summed E-state index contributed by atoms with van der Waals surface area (Å²) in [6.07, 6.45) is 0.486. The van der Waals surface area contributed by atoms with Crippen LogP contribution in [0.2, 0.25) is 0 Å². The lowest BCUT2D eigenvalue weighted by atomic mass is 10.0. The number of benzene rings is 1. The second-order valence-corrected chi connectivity index (χ2v) is 3.71. The van der Waals surface area contributed by atoms with Crippen molar-refractivity contribution >= 4 is 0 Å². The van der Waals surface area contributed by atoms with Gasteiger partial charge in [-0.1, -0.05) is 30.3 Å². The Balaban J connectivity index is 2.53. The molecule has 0 aliphatic rings. The largest absolute Gasteiger partial charge is 0.390 e. The molecule has 84 valence electrons. The lowest BCUT2D eigenvalue weighted by molar-refractivity contribution is 0.131. The second kappa shape index (κ2) is 6.56. The van der Waals surface area contributed by atoms with Crippen LogP contribution in [-0.2, 0) is 6.42 Å². The molecule has 1 aromatic rings. The maximum Gasteiger partial charge on any atom is 0.0820 e. The van der Waals surface area contributed by atoms with Gasteiger partial charge in [-0.15, -0.1) is 0 Å². The van der Waals surface area contributed by atoms with E-state index in [-0.39, 0.29) is 12.1 Å². The molecule has 0 aromatic heterocycles. The number of likely N-dealkylation sites (N-methyl/N-ethyl adjacent to an activating group) is 2. The summed E-state index contributed by atoms with van der Waals surface area (Å²) in [6, 6.07) is 10.3. The smallest absolute Gasteiger partial charge is 0.0820 e. The zero-order valence-corrected chi connectivity index (χ0v) is 9.40. The van der Waals surface area contributed by atoms with Gasteiger partial charge in [-0.05, 0) is 26.1 Å². The predicted molar refractivity (Wildman–Crippen MR) is 62.9 cm³/mol. The maximum absolute atomic E-state index is 9.85. The van der Waals surface area contributed by atoms with Gasteiger partial charge in [0.05, 0.1) is 6.10 Å². The van der Waals surface area contributed by atoms with Crippen LogP contribution in [0.4, 0.5) is 0 Å². The number of nitrogens with one attached hydrogen (secondary N) is 2. The Kier molecular flexibility index (Phi) is 5.32. The summed E-state index contributed by atoms with van der Waals surface area (Å²) in [6.45, 7) is 0.609. The Labute approximate surface area is 91.5 Å².